The maximum Gasteiger partial charge on any atom is 0.331 e. The minimum Gasteiger partial charge on any atom is -0.467 e. The van der Waals surface area contributed by atoms with Crippen molar-refractivity contribution in [3.63, 3.8) is 0 Å². The number of halogens is 1. The van der Waals surface area contributed by atoms with E-state index in [1.165, 1.54) is 7.11 Å². The number of likely N-dealkylation sites (tertiary alicyclic amines) is 1. The average molecular weight is 341 g/mol. The fourth-order valence-corrected chi connectivity index (χ4v) is 3.05. The predicted molar refractivity (Wildman–Crippen MR) is 83.9 cm³/mol. The van der Waals surface area contributed by atoms with E-state index in [9.17, 15) is 4.79 Å². The van der Waals surface area contributed by atoms with E-state index >= 15 is 0 Å². The molecular weight excluding hydrogens is 320 g/mol. The van der Waals surface area contributed by atoms with Crippen LogP contribution in [0.5, 0.6) is 0 Å². The van der Waals surface area contributed by atoms with Crippen molar-refractivity contribution in [2.24, 2.45) is 0 Å². The second-order valence-electron chi connectivity index (χ2n) is 5.34. The Morgan fingerprint density at radius 1 is 1.35 bits per heavy atom. The molecule has 1 heterocycles. The first-order chi connectivity index (χ1) is 9.57. The zero-order valence-electron chi connectivity index (χ0n) is 12.0. The Bertz CT molecular complexity index is 481. The first-order valence-corrected chi connectivity index (χ1v) is 7.66. The monoisotopic (exact) mass is 340 g/mol. The molecule has 1 aromatic carbocycles. The maximum atomic E-state index is 12.3. The van der Waals surface area contributed by atoms with Crippen LogP contribution < -0.4 is 5.32 Å². The molecule has 0 radical (unpaired) electrons. The van der Waals surface area contributed by atoms with Gasteiger partial charge in [0.1, 0.15) is 5.54 Å². The normalized spacial score (nSPS) is 23.9. The molecule has 1 saturated heterocycles. The quantitative estimate of drug-likeness (QED) is 0.859. The molecule has 1 aliphatic rings. The molecule has 0 bridgehead atoms. The molecule has 1 atom stereocenters. The third-order valence-electron chi connectivity index (χ3n) is 3.89. The Morgan fingerprint density at radius 2 is 2.10 bits per heavy atom. The Kier molecular flexibility index (Phi) is 5.05. The fraction of sp³-hybridized carbons (Fsp3) is 0.533. The molecule has 0 spiro atoms. The fourth-order valence-electron chi connectivity index (χ4n) is 2.67. The number of rotatable bonds is 3. The van der Waals surface area contributed by atoms with Crippen molar-refractivity contribution in [1.82, 2.24) is 4.90 Å². The molecule has 1 N–H and O–H groups in total. The molecular formula is C15H21BrN2O2. The molecule has 4 nitrogen and oxygen atoms in total. The number of nitrogens with zero attached hydrogens (tertiary/aromatic N) is 1. The first-order valence-electron chi connectivity index (χ1n) is 6.87. The summed E-state index contributed by atoms with van der Waals surface area (Å²) >= 11 is 3.52. The second kappa shape index (κ2) is 6.59. The van der Waals surface area contributed by atoms with Crippen LogP contribution in [0.15, 0.2) is 28.7 Å². The van der Waals surface area contributed by atoms with Gasteiger partial charge in [-0.05, 0) is 60.9 Å². The van der Waals surface area contributed by atoms with Gasteiger partial charge in [0, 0.05) is 16.7 Å². The highest BCUT2D eigenvalue weighted by atomic mass is 79.9. The number of carbonyl (C=O) groups excluding carboxylic acids is 1. The zero-order chi connectivity index (χ0) is 14.6. The molecule has 5 heteroatoms. The number of esters is 1. The van der Waals surface area contributed by atoms with Gasteiger partial charge in [-0.3, -0.25) is 0 Å². The highest BCUT2D eigenvalue weighted by Gasteiger charge is 2.40. The predicted octanol–water partition coefficient (Wildman–Crippen LogP) is 2.89. The Balaban J connectivity index is 2.28. The number of nitrogens with one attached hydrogen (secondary N) is 1. The van der Waals surface area contributed by atoms with Gasteiger partial charge in [-0.1, -0.05) is 12.1 Å². The van der Waals surface area contributed by atoms with E-state index in [1.54, 1.807) is 0 Å². The van der Waals surface area contributed by atoms with E-state index in [-0.39, 0.29) is 5.97 Å². The first kappa shape index (κ1) is 15.3. The van der Waals surface area contributed by atoms with Crippen LogP contribution in [0, 0.1) is 0 Å². The lowest BCUT2D eigenvalue weighted by Gasteiger charge is -2.32. The van der Waals surface area contributed by atoms with Gasteiger partial charge in [-0.15, -0.1) is 0 Å². The van der Waals surface area contributed by atoms with Gasteiger partial charge >= 0.3 is 5.97 Å². The van der Waals surface area contributed by atoms with Crippen molar-refractivity contribution in [1.29, 1.82) is 0 Å². The summed E-state index contributed by atoms with van der Waals surface area (Å²) in [6.45, 7) is 1.89. The molecule has 1 aliphatic heterocycles. The summed E-state index contributed by atoms with van der Waals surface area (Å²) in [7, 11) is 3.55. The molecule has 2 rings (SSSR count). The van der Waals surface area contributed by atoms with Crippen molar-refractivity contribution in [2.75, 3.05) is 32.6 Å². The van der Waals surface area contributed by atoms with Crippen LogP contribution in [0.2, 0.25) is 0 Å². The lowest BCUT2D eigenvalue weighted by molar-refractivity contribution is -0.146. The van der Waals surface area contributed by atoms with Crippen molar-refractivity contribution in [3.05, 3.63) is 28.7 Å². The third-order valence-corrected chi connectivity index (χ3v) is 4.58. The number of ether oxygens (including phenoxy) is 1. The number of benzene rings is 1. The number of hydrogen-bond donors (Lipinski definition) is 1. The van der Waals surface area contributed by atoms with Gasteiger partial charge in [0.2, 0.25) is 0 Å². The second-order valence-corrected chi connectivity index (χ2v) is 6.19. The number of hydrogen-bond acceptors (Lipinski definition) is 4. The maximum absolute atomic E-state index is 12.3. The topological polar surface area (TPSA) is 41.6 Å². The van der Waals surface area contributed by atoms with Crippen molar-refractivity contribution < 1.29 is 9.53 Å². The average Bonchev–Trinajstić information content (AvgIpc) is 2.64. The largest absolute Gasteiger partial charge is 0.467 e. The summed E-state index contributed by atoms with van der Waals surface area (Å²) in [4.78, 5) is 14.6. The highest BCUT2D eigenvalue weighted by Crippen LogP contribution is 2.31. The molecule has 0 aliphatic carbocycles. The lowest BCUT2D eigenvalue weighted by atomic mass is 9.90. The van der Waals surface area contributed by atoms with Crippen LogP contribution >= 0.6 is 15.9 Å². The van der Waals surface area contributed by atoms with E-state index in [2.05, 4.69) is 33.2 Å². The van der Waals surface area contributed by atoms with Gasteiger partial charge < -0.3 is 15.0 Å². The Hall–Kier alpha value is -1.07. The molecule has 1 aromatic rings. The molecule has 1 unspecified atom stereocenters. The van der Waals surface area contributed by atoms with Crippen LogP contribution in [0.25, 0.3) is 0 Å². The van der Waals surface area contributed by atoms with Crippen molar-refractivity contribution >= 4 is 27.6 Å². The standard InChI is InChI=1S/C15H21BrN2O2/c1-18-10-5-8-15(9-11-18,14(19)20-2)17-13-7-4-3-6-12(13)16/h3-4,6-7,17H,5,8-11H2,1-2H3. The number of anilines is 1. The van der Waals surface area contributed by atoms with E-state index < -0.39 is 5.54 Å². The molecule has 1 fully saturated rings. The smallest absolute Gasteiger partial charge is 0.331 e. The van der Waals surface area contributed by atoms with Gasteiger partial charge in [-0.25, -0.2) is 4.79 Å². The van der Waals surface area contributed by atoms with Gasteiger partial charge in [0.15, 0.2) is 0 Å². The number of carbonyl (C=O) groups is 1. The molecule has 0 amide bonds. The van der Waals surface area contributed by atoms with Gasteiger partial charge in [0.25, 0.3) is 0 Å². The van der Waals surface area contributed by atoms with Gasteiger partial charge in [0.05, 0.1) is 7.11 Å². The molecule has 0 aromatic heterocycles. The van der Waals surface area contributed by atoms with Crippen LogP contribution in [0.4, 0.5) is 5.69 Å². The summed E-state index contributed by atoms with van der Waals surface area (Å²) in [6, 6.07) is 7.86. The zero-order valence-corrected chi connectivity index (χ0v) is 13.6. The summed E-state index contributed by atoms with van der Waals surface area (Å²) < 4.78 is 6.02. The number of methoxy groups -OCH3 is 1. The van der Waals surface area contributed by atoms with E-state index in [4.69, 9.17) is 4.74 Å². The summed E-state index contributed by atoms with van der Waals surface area (Å²) in [6.07, 6.45) is 2.51. The Morgan fingerprint density at radius 3 is 2.80 bits per heavy atom. The highest BCUT2D eigenvalue weighted by molar-refractivity contribution is 9.10. The summed E-state index contributed by atoms with van der Waals surface area (Å²) in [5, 5.41) is 3.43. The minimum absolute atomic E-state index is 0.177. The minimum atomic E-state index is -0.636. The van der Waals surface area contributed by atoms with Crippen molar-refractivity contribution in [2.45, 2.75) is 24.8 Å². The van der Waals surface area contributed by atoms with E-state index in [1.807, 2.05) is 24.3 Å². The third kappa shape index (κ3) is 3.33. The van der Waals surface area contributed by atoms with Crippen molar-refractivity contribution in [3.8, 4) is 0 Å². The summed E-state index contributed by atoms with van der Waals surface area (Å²) in [5.41, 5.74) is 0.297. The lowest BCUT2D eigenvalue weighted by Crippen LogP contribution is -2.48. The SMILES string of the molecule is COC(=O)C1(Nc2ccccc2Br)CCCN(C)CC1. The van der Waals surface area contributed by atoms with Crippen LogP contribution in [-0.4, -0.2) is 43.7 Å². The van der Waals surface area contributed by atoms with Gasteiger partial charge in [-0.2, -0.15) is 0 Å². The molecule has 20 heavy (non-hydrogen) atoms. The Labute approximate surface area is 128 Å². The van der Waals surface area contributed by atoms with Crippen LogP contribution in [-0.2, 0) is 9.53 Å². The summed E-state index contributed by atoms with van der Waals surface area (Å²) in [5.74, 6) is -0.177. The molecule has 110 valence electrons. The molecule has 0 saturated carbocycles. The number of para-hydroxylation sites is 1. The van der Waals surface area contributed by atoms with E-state index in [0.717, 1.165) is 42.5 Å². The van der Waals surface area contributed by atoms with Crippen LogP contribution in [0.1, 0.15) is 19.3 Å². The van der Waals surface area contributed by atoms with Crippen LogP contribution in [0.3, 0.4) is 0 Å². The van der Waals surface area contributed by atoms with E-state index in [0.29, 0.717) is 0 Å².